The molecule has 0 saturated heterocycles. The van der Waals surface area contributed by atoms with Crippen molar-refractivity contribution in [2.24, 2.45) is 0 Å². The molecule has 112 valence electrons. The van der Waals surface area contributed by atoms with Gasteiger partial charge in [0.05, 0.1) is 7.11 Å². The van der Waals surface area contributed by atoms with Crippen molar-refractivity contribution in [3.63, 3.8) is 0 Å². The Morgan fingerprint density at radius 3 is 2.45 bits per heavy atom. The normalized spacial score (nSPS) is 12.1. The third-order valence-electron chi connectivity index (χ3n) is 3.38. The Kier molecular flexibility index (Phi) is 4.44. The number of hydrogen-bond acceptors (Lipinski definition) is 4. The number of nitrogens with one attached hydrogen (secondary N) is 1. The second-order valence-corrected chi connectivity index (χ2v) is 6.17. The predicted molar refractivity (Wildman–Crippen MR) is 89.1 cm³/mol. The molecule has 0 aliphatic heterocycles. The molecule has 0 bridgehead atoms. The quantitative estimate of drug-likeness (QED) is 0.712. The highest BCUT2D eigenvalue weighted by Crippen LogP contribution is 2.33. The molecule has 22 heavy (non-hydrogen) atoms. The fourth-order valence-electron chi connectivity index (χ4n) is 2.13. The standard InChI is InChI=1S/C17H17N3OS/c1-12(13-6-4-3-5-7-13)22-17-18-16(19-20-17)14-8-10-15(21-2)11-9-14/h3-12H,1-2H3,(H,18,19,20)/t12-/m0/s1. The highest BCUT2D eigenvalue weighted by molar-refractivity contribution is 7.99. The largest absolute Gasteiger partial charge is 0.497 e. The molecule has 0 unspecified atom stereocenters. The monoisotopic (exact) mass is 311 g/mol. The molecular weight excluding hydrogens is 294 g/mol. The van der Waals surface area contributed by atoms with Crippen LogP contribution in [0.3, 0.4) is 0 Å². The average Bonchev–Trinajstić information content (AvgIpc) is 3.04. The Bertz CT molecular complexity index is 725. The van der Waals surface area contributed by atoms with Gasteiger partial charge in [-0.2, -0.15) is 0 Å². The molecule has 2 aromatic carbocycles. The first kappa shape index (κ1) is 14.7. The fourth-order valence-corrected chi connectivity index (χ4v) is 2.98. The van der Waals surface area contributed by atoms with E-state index in [0.717, 1.165) is 22.3 Å². The second-order valence-electron chi connectivity index (χ2n) is 4.87. The molecule has 0 aliphatic rings. The molecule has 1 heterocycles. The zero-order chi connectivity index (χ0) is 15.4. The van der Waals surface area contributed by atoms with E-state index in [-0.39, 0.29) is 0 Å². The van der Waals surface area contributed by atoms with E-state index in [4.69, 9.17) is 4.74 Å². The maximum atomic E-state index is 5.16. The maximum absolute atomic E-state index is 5.16. The SMILES string of the molecule is COc1ccc(-c2nc(S[C@@H](C)c3ccccc3)n[nH]2)cc1. The van der Waals surface area contributed by atoms with Gasteiger partial charge in [0.2, 0.25) is 5.16 Å². The van der Waals surface area contributed by atoms with E-state index >= 15 is 0 Å². The van der Waals surface area contributed by atoms with Gasteiger partial charge in [0.15, 0.2) is 5.82 Å². The Morgan fingerprint density at radius 2 is 1.77 bits per heavy atom. The average molecular weight is 311 g/mol. The van der Waals surface area contributed by atoms with Crippen LogP contribution in [0.25, 0.3) is 11.4 Å². The van der Waals surface area contributed by atoms with E-state index in [1.807, 2.05) is 42.5 Å². The zero-order valence-electron chi connectivity index (χ0n) is 12.5. The Labute approximate surface area is 133 Å². The van der Waals surface area contributed by atoms with E-state index in [9.17, 15) is 0 Å². The third-order valence-corrected chi connectivity index (χ3v) is 4.40. The van der Waals surface area contributed by atoms with Gasteiger partial charge in [-0.15, -0.1) is 5.10 Å². The van der Waals surface area contributed by atoms with Gasteiger partial charge in [0.25, 0.3) is 0 Å². The molecule has 0 radical (unpaired) electrons. The minimum Gasteiger partial charge on any atom is -0.497 e. The number of thioether (sulfide) groups is 1. The third kappa shape index (κ3) is 3.31. The van der Waals surface area contributed by atoms with Crippen LogP contribution in [-0.2, 0) is 0 Å². The summed E-state index contributed by atoms with van der Waals surface area (Å²) in [6.07, 6.45) is 0. The van der Waals surface area contributed by atoms with Crippen LogP contribution in [-0.4, -0.2) is 22.3 Å². The molecule has 0 aliphatic carbocycles. The summed E-state index contributed by atoms with van der Waals surface area (Å²) < 4.78 is 5.16. The molecule has 0 fully saturated rings. The van der Waals surface area contributed by atoms with Gasteiger partial charge in [-0.25, -0.2) is 4.98 Å². The van der Waals surface area contributed by atoms with Crippen molar-refractivity contribution >= 4 is 11.8 Å². The molecule has 0 amide bonds. The van der Waals surface area contributed by atoms with Crippen LogP contribution in [0.5, 0.6) is 5.75 Å². The number of ether oxygens (including phenoxy) is 1. The lowest BCUT2D eigenvalue weighted by Crippen LogP contribution is -1.88. The lowest BCUT2D eigenvalue weighted by Gasteiger charge is -2.08. The molecule has 5 heteroatoms. The van der Waals surface area contributed by atoms with Crippen LogP contribution < -0.4 is 4.74 Å². The number of aromatic nitrogens is 3. The molecule has 1 aromatic heterocycles. The molecule has 0 saturated carbocycles. The van der Waals surface area contributed by atoms with Crippen molar-refractivity contribution in [3.05, 3.63) is 60.2 Å². The highest BCUT2D eigenvalue weighted by Gasteiger charge is 2.12. The Balaban J connectivity index is 1.73. The van der Waals surface area contributed by atoms with Crippen molar-refractivity contribution in [2.45, 2.75) is 17.3 Å². The van der Waals surface area contributed by atoms with Crippen molar-refractivity contribution < 1.29 is 4.74 Å². The van der Waals surface area contributed by atoms with Crippen LogP contribution in [0.1, 0.15) is 17.7 Å². The number of methoxy groups -OCH3 is 1. The van der Waals surface area contributed by atoms with E-state index in [0.29, 0.717) is 5.25 Å². The van der Waals surface area contributed by atoms with Crippen LogP contribution in [0, 0.1) is 0 Å². The summed E-state index contributed by atoms with van der Waals surface area (Å²) in [5.74, 6) is 1.60. The predicted octanol–water partition coefficient (Wildman–Crippen LogP) is 4.33. The summed E-state index contributed by atoms with van der Waals surface area (Å²) in [6, 6.07) is 18.1. The number of aromatic amines is 1. The molecular formula is C17H17N3OS. The number of nitrogens with zero attached hydrogens (tertiary/aromatic N) is 2. The first-order chi connectivity index (χ1) is 10.8. The second kappa shape index (κ2) is 6.66. The van der Waals surface area contributed by atoms with Gasteiger partial charge in [0.1, 0.15) is 5.75 Å². The Morgan fingerprint density at radius 1 is 1.05 bits per heavy atom. The molecule has 1 N–H and O–H groups in total. The molecule has 3 aromatic rings. The number of rotatable bonds is 5. The van der Waals surface area contributed by atoms with E-state index in [1.165, 1.54) is 5.56 Å². The smallest absolute Gasteiger partial charge is 0.209 e. The topological polar surface area (TPSA) is 50.8 Å². The summed E-state index contributed by atoms with van der Waals surface area (Å²) in [7, 11) is 1.66. The van der Waals surface area contributed by atoms with Crippen LogP contribution in [0.15, 0.2) is 59.8 Å². The van der Waals surface area contributed by atoms with Gasteiger partial charge in [-0.1, -0.05) is 42.1 Å². The summed E-state index contributed by atoms with van der Waals surface area (Å²) in [4.78, 5) is 4.56. The highest BCUT2D eigenvalue weighted by atomic mass is 32.2. The summed E-state index contributed by atoms with van der Waals surface area (Å²) in [6.45, 7) is 2.16. The summed E-state index contributed by atoms with van der Waals surface area (Å²) in [5.41, 5.74) is 2.26. The number of hydrogen-bond donors (Lipinski definition) is 1. The first-order valence-electron chi connectivity index (χ1n) is 7.04. The molecule has 3 rings (SSSR count). The lowest BCUT2D eigenvalue weighted by atomic mass is 10.2. The first-order valence-corrected chi connectivity index (χ1v) is 7.92. The van der Waals surface area contributed by atoms with Gasteiger partial charge in [-0.3, -0.25) is 5.10 Å². The summed E-state index contributed by atoms with van der Waals surface area (Å²) in [5, 5.41) is 8.35. The van der Waals surface area contributed by atoms with Crippen LogP contribution >= 0.6 is 11.8 Å². The van der Waals surface area contributed by atoms with Gasteiger partial charge < -0.3 is 4.74 Å². The Hall–Kier alpha value is -2.27. The molecule has 4 nitrogen and oxygen atoms in total. The zero-order valence-corrected chi connectivity index (χ0v) is 13.3. The lowest BCUT2D eigenvalue weighted by molar-refractivity contribution is 0.415. The van der Waals surface area contributed by atoms with Crippen LogP contribution in [0.4, 0.5) is 0 Å². The van der Waals surface area contributed by atoms with E-state index in [2.05, 4.69) is 34.2 Å². The summed E-state index contributed by atoms with van der Waals surface area (Å²) >= 11 is 1.64. The van der Waals surface area contributed by atoms with Crippen molar-refractivity contribution in [1.29, 1.82) is 0 Å². The maximum Gasteiger partial charge on any atom is 0.209 e. The fraction of sp³-hybridized carbons (Fsp3) is 0.176. The van der Waals surface area contributed by atoms with Crippen molar-refractivity contribution in [3.8, 4) is 17.1 Å². The molecule has 1 atom stereocenters. The minimum atomic E-state index is 0.306. The van der Waals surface area contributed by atoms with Gasteiger partial charge in [-0.05, 0) is 36.8 Å². The van der Waals surface area contributed by atoms with Gasteiger partial charge in [0, 0.05) is 10.8 Å². The number of H-pyrrole nitrogens is 1. The number of benzene rings is 2. The molecule has 0 spiro atoms. The van der Waals surface area contributed by atoms with E-state index in [1.54, 1.807) is 18.9 Å². The van der Waals surface area contributed by atoms with E-state index < -0.39 is 0 Å². The van der Waals surface area contributed by atoms with Gasteiger partial charge >= 0.3 is 0 Å². The van der Waals surface area contributed by atoms with Crippen molar-refractivity contribution in [2.75, 3.05) is 7.11 Å². The van der Waals surface area contributed by atoms with Crippen LogP contribution in [0.2, 0.25) is 0 Å². The minimum absolute atomic E-state index is 0.306. The van der Waals surface area contributed by atoms with Crippen molar-refractivity contribution in [1.82, 2.24) is 15.2 Å².